The summed E-state index contributed by atoms with van der Waals surface area (Å²) in [6.07, 6.45) is 1.83. The van der Waals surface area contributed by atoms with Crippen LogP contribution in [-0.2, 0) is 16.1 Å². The molecule has 1 aromatic carbocycles. The van der Waals surface area contributed by atoms with Gasteiger partial charge in [-0.15, -0.1) is 0 Å². The van der Waals surface area contributed by atoms with E-state index in [1.807, 2.05) is 20.8 Å². The summed E-state index contributed by atoms with van der Waals surface area (Å²) in [5.41, 5.74) is -0.203. The van der Waals surface area contributed by atoms with E-state index in [0.29, 0.717) is 23.9 Å². The molecule has 0 aliphatic heterocycles. The maximum Gasteiger partial charge on any atom is 0.359 e. The van der Waals surface area contributed by atoms with Gasteiger partial charge in [0.25, 0.3) is 11.5 Å². The topological polar surface area (TPSA) is 90.3 Å². The first-order valence-electron chi connectivity index (χ1n) is 8.87. The molecule has 7 heteroatoms. The van der Waals surface area contributed by atoms with Crippen molar-refractivity contribution in [1.29, 1.82) is 0 Å². The summed E-state index contributed by atoms with van der Waals surface area (Å²) in [4.78, 5) is 36.7. The Bertz CT molecular complexity index is 842. The molecule has 1 aromatic heterocycles. The van der Waals surface area contributed by atoms with Crippen LogP contribution in [0.15, 0.2) is 29.1 Å². The highest BCUT2D eigenvalue weighted by molar-refractivity contribution is 6.02. The third-order valence-electron chi connectivity index (χ3n) is 3.79. The van der Waals surface area contributed by atoms with Crippen LogP contribution in [-0.4, -0.2) is 34.8 Å². The van der Waals surface area contributed by atoms with Gasteiger partial charge in [-0.25, -0.2) is 9.48 Å². The van der Waals surface area contributed by atoms with E-state index in [0.717, 1.165) is 12.8 Å². The number of nitrogens with zero attached hydrogens (tertiary/aromatic N) is 2. The monoisotopic (exact) mass is 359 g/mol. The summed E-state index contributed by atoms with van der Waals surface area (Å²) in [6, 6.07) is 6.77. The van der Waals surface area contributed by atoms with Gasteiger partial charge in [-0.3, -0.25) is 9.59 Å². The van der Waals surface area contributed by atoms with Gasteiger partial charge in [-0.2, -0.15) is 5.10 Å². The number of carbonyl (C=O) groups is 2. The van der Waals surface area contributed by atoms with Crippen LogP contribution in [0.3, 0.4) is 0 Å². The molecule has 0 saturated carbocycles. The van der Waals surface area contributed by atoms with Crippen LogP contribution >= 0.6 is 0 Å². The average Bonchev–Trinajstić information content (AvgIpc) is 2.62. The number of nitrogens with one attached hydrogen (secondary N) is 1. The van der Waals surface area contributed by atoms with Gasteiger partial charge in [0, 0.05) is 18.5 Å². The second-order valence-corrected chi connectivity index (χ2v) is 6.55. The van der Waals surface area contributed by atoms with Gasteiger partial charge in [0.2, 0.25) is 0 Å². The minimum Gasteiger partial charge on any atom is -0.451 e. The minimum absolute atomic E-state index is 0.0437. The summed E-state index contributed by atoms with van der Waals surface area (Å²) in [7, 11) is 0. The number of rotatable bonds is 8. The molecule has 0 aliphatic rings. The molecule has 0 saturated heterocycles. The number of aromatic nitrogens is 2. The van der Waals surface area contributed by atoms with Gasteiger partial charge in [0.05, 0.1) is 5.39 Å². The first-order chi connectivity index (χ1) is 12.4. The lowest BCUT2D eigenvalue weighted by Gasteiger charge is -2.12. The second-order valence-electron chi connectivity index (χ2n) is 6.55. The Balaban J connectivity index is 2.24. The number of hydrogen-bond donors (Lipinski definition) is 1. The molecular weight excluding hydrogens is 334 g/mol. The van der Waals surface area contributed by atoms with E-state index in [4.69, 9.17) is 4.74 Å². The van der Waals surface area contributed by atoms with Gasteiger partial charge < -0.3 is 10.1 Å². The van der Waals surface area contributed by atoms with Crippen molar-refractivity contribution >= 4 is 22.6 Å². The highest BCUT2D eigenvalue weighted by Gasteiger charge is 2.19. The predicted octanol–water partition coefficient (Wildman–Crippen LogP) is 2.13. The predicted molar refractivity (Wildman–Crippen MR) is 99.0 cm³/mol. The van der Waals surface area contributed by atoms with E-state index < -0.39 is 5.97 Å². The fraction of sp³-hybridized carbons (Fsp3) is 0.474. The molecule has 0 spiro atoms. The van der Waals surface area contributed by atoms with E-state index >= 15 is 0 Å². The maximum absolute atomic E-state index is 12.5. The van der Waals surface area contributed by atoms with E-state index in [2.05, 4.69) is 10.4 Å². The van der Waals surface area contributed by atoms with Crippen molar-refractivity contribution in [3.05, 3.63) is 40.3 Å². The van der Waals surface area contributed by atoms with Crippen molar-refractivity contribution in [2.45, 2.75) is 40.2 Å². The number of benzene rings is 1. The molecule has 0 aliphatic carbocycles. The summed E-state index contributed by atoms with van der Waals surface area (Å²) in [5.74, 6) is -0.884. The van der Waals surface area contributed by atoms with Crippen molar-refractivity contribution in [2.75, 3.05) is 13.2 Å². The number of hydrogen-bond acceptors (Lipinski definition) is 5. The van der Waals surface area contributed by atoms with Crippen LogP contribution in [0.5, 0.6) is 0 Å². The average molecular weight is 359 g/mol. The van der Waals surface area contributed by atoms with Crippen LogP contribution in [0.1, 0.15) is 44.1 Å². The lowest BCUT2D eigenvalue weighted by atomic mass is 10.1. The quantitative estimate of drug-likeness (QED) is 0.576. The molecule has 1 N–H and O–H groups in total. The fourth-order valence-electron chi connectivity index (χ4n) is 2.51. The highest BCUT2D eigenvalue weighted by atomic mass is 16.5. The van der Waals surface area contributed by atoms with E-state index in [-0.39, 0.29) is 29.7 Å². The summed E-state index contributed by atoms with van der Waals surface area (Å²) >= 11 is 0. The number of unbranched alkanes of at least 4 members (excludes halogenated alkanes) is 1. The Hall–Kier alpha value is -2.70. The van der Waals surface area contributed by atoms with Gasteiger partial charge in [0.1, 0.15) is 0 Å². The first-order valence-corrected chi connectivity index (χ1v) is 8.87. The summed E-state index contributed by atoms with van der Waals surface area (Å²) < 4.78 is 6.38. The van der Waals surface area contributed by atoms with Crippen molar-refractivity contribution in [2.24, 2.45) is 5.92 Å². The molecule has 1 amide bonds. The molecule has 26 heavy (non-hydrogen) atoms. The lowest BCUT2D eigenvalue weighted by molar-refractivity contribution is -0.124. The third-order valence-corrected chi connectivity index (χ3v) is 3.79. The Kier molecular flexibility index (Phi) is 6.89. The third kappa shape index (κ3) is 4.91. The van der Waals surface area contributed by atoms with Crippen LogP contribution in [0, 0.1) is 5.92 Å². The van der Waals surface area contributed by atoms with Crippen molar-refractivity contribution in [1.82, 2.24) is 15.1 Å². The molecule has 7 nitrogen and oxygen atoms in total. The summed E-state index contributed by atoms with van der Waals surface area (Å²) in [5, 5.41) is 7.70. The number of esters is 1. The Labute approximate surface area is 152 Å². The van der Waals surface area contributed by atoms with Crippen LogP contribution in [0.2, 0.25) is 0 Å². The molecule has 0 atom stereocenters. The van der Waals surface area contributed by atoms with Crippen LogP contribution in [0.4, 0.5) is 0 Å². The SMILES string of the molecule is CCCCNC(=O)COC(=O)c1nn(CC(C)C)c(=O)c2ccccc12. The number of amides is 1. The molecule has 1 heterocycles. The summed E-state index contributed by atoms with van der Waals surface area (Å²) in [6.45, 7) is 6.51. The van der Waals surface area contributed by atoms with Crippen molar-refractivity contribution < 1.29 is 14.3 Å². The van der Waals surface area contributed by atoms with E-state index in [9.17, 15) is 14.4 Å². The normalized spacial score (nSPS) is 10.9. The maximum atomic E-state index is 12.5. The standard InChI is InChI=1S/C19H25N3O4/c1-4-5-10-20-16(23)12-26-19(25)17-14-8-6-7-9-15(14)18(24)22(21-17)11-13(2)3/h6-9,13H,4-5,10-12H2,1-3H3,(H,20,23). The Morgan fingerprint density at radius 1 is 1.23 bits per heavy atom. The molecular formula is C19H25N3O4. The largest absolute Gasteiger partial charge is 0.451 e. The molecule has 0 fully saturated rings. The minimum atomic E-state index is -0.718. The smallest absolute Gasteiger partial charge is 0.359 e. The Morgan fingerprint density at radius 3 is 2.58 bits per heavy atom. The Morgan fingerprint density at radius 2 is 1.92 bits per heavy atom. The molecule has 0 unspecified atom stereocenters. The van der Waals surface area contributed by atoms with Crippen molar-refractivity contribution in [3.63, 3.8) is 0 Å². The number of ether oxygens (including phenoxy) is 1. The fourth-order valence-corrected chi connectivity index (χ4v) is 2.51. The molecule has 2 aromatic rings. The molecule has 2 rings (SSSR count). The highest BCUT2D eigenvalue weighted by Crippen LogP contribution is 2.14. The number of carbonyl (C=O) groups excluding carboxylic acids is 2. The van der Waals surface area contributed by atoms with Gasteiger partial charge in [-0.05, 0) is 18.4 Å². The van der Waals surface area contributed by atoms with Gasteiger partial charge in [-0.1, -0.05) is 45.4 Å². The zero-order chi connectivity index (χ0) is 19.1. The second kappa shape index (κ2) is 9.12. The molecule has 0 radical (unpaired) electrons. The molecule has 0 bridgehead atoms. The van der Waals surface area contributed by atoms with Crippen LogP contribution < -0.4 is 10.9 Å². The zero-order valence-corrected chi connectivity index (χ0v) is 15.4. The van der Waals surface area contributed by atoms with Gasteiger partial charge >= 0.3 is 5.97 Å². The van der Waals surface area contributed by atoms with E-state index in [1.165, 1.54) is 4.68 Å². The van der Waals surface area contributed by atoms with Crippen LogP contribution in [0.25, 0.3) is 10.8 Å². The van der Waals surface area contributed by atoms with Crippen molar-refractivity contribution in [3.8, 4) is 0 Å². The lowest BCUT2D eigenvalue weighted by Crippen LogP contribution is -2.31. The van der Waals surface area contributed by atoms with E-state index in [1.54, 1.807) is 24.3 Å². The first kappa shape index (κ1) is 19.6. The number of fused-ring (bicyclic) bond motifs is 1. The van der Waals surface area contributed by atoms with Gasteiger partial charge in [0.15, 0.2) is 12.3 Å². The molecule has 140 valence electrons. The zero-order valence-electron chi connectivity index (χ0n) is 15.4.